The van der Waals surface area contributed by atoms with Crippen LogP contribution in [-0.4, -0.2) is 48.3 Å². The Balaban J connectivity index is 1.57. The maximum atomic E-state index is 5.28. The molecule has 1 aliphatic heterocycles. The van der Waals surface area contributed by atoms with Gasteiger partial charge in [-0.05, 0) is 19.1 Å². The largest absolute Gasteiger partial charge is 0.497 e. The predicted octanol–water partition coefficient (Wildman–Crippen LogP) is 1.71. The standard InChI is InChI=1S/C15H20N4O2/c1-12-16-15(21-17-12)11-18-6-8-19(9-7-18)13-4-3-5-14(10-13)20-2/h3-5,10H,6-9,11H2,1-2H3. The van der Waals surface area contributed by atoms with Gasteiger partial charge in [0, 0.05) is 37.9 Å². The first-order valence-corrected chi connectivity index (χ1v) is 7.15. The van der Waals surface area contributed by atoms with Gasteiger partial charge in [-0.1, -0.05) is 11.2 Å². The van der Waals surface area contributed by atoms with E-state index in [4.69, 9.17) is 9.26 Å². The molecule has 0 spiro atoms. The first kappa shape index (κ1) is 13.9. The van der Waals surface area contributed by atoms with E-state index >= 15 is 0 Å². The Morgan fingerprint density at radius 3 is 2.71 bits per heavy atom. The molecule has 0 aliphatic carbocycles. The van der Waals surface area contributed by atoms with E-state index in [-0.39, 0.29) is 0 Å². The lowest BCUT2D eigenvalue weighted by molar-refractivity contribution is 0.215. The summed E-state index contributed by atoms with van der Waals surface area (Å²) in [5, 5.41) is 3.83. The monoisotopic (exact) mass is 288 g/mol. The summed E-state index contributed by atoms with van der Waals surface area (Å²) in [5.41, 5.74) is 1.21. The van der Waals surface area contributed by atoms with Crippen molar-refractivity contribution in [3.63, 3.8) is 0 Å². The van der Waals surface area contributed by atoms with E-state index in [9.17, 15) is 0 Å². The van der Waals surface area contributed by atoms with Crippen LogP contribution in [0.5, 0.6) is 5.75 Å². The predicted molar refractivity (Wildman–Crippen MR) is 79.5 cm³/mol. The fourth-order valence-electron chi connectivity index (χ4n) is 2.57. The van der Waals surface area contributed by atoms with Crippen LogP contribution in [0.4, 0.5) is 5.69 Å². The van der Waals surface area contributed by atoms with Crippen LogP contribution in [0.3, 0.4) is 0 Å². The maximum absolute atomic E-state index is 5.28. The highest BCUT2D eigenvalue weighted by Crippen LogP contribution is 2.22. The van der Waals surface area contributed by atoms with E-state index in [1.807, 2.05) is 19.1 Å². The fraction of sp³-hybridized carbons (Fsp3) is 0.467. The number of piperazine rings is 1. The zero-order valence-corrected chi connectivity index (χ0v) is 12.5. The van der Waals surface area contributed by atoms with Crippen LogP contribution >= 0.6 is 0 Å². The van der Waals surface area contributed by atoms with Crippen LogP contribution < -0.4 is 9.64 Å². The van der Waals surface area contributed by atoms with E-state index in [0.717, 1.165) is 38.5 Å². The van der Waals surface area contributed by atoms with Gasteiger partial charge in [-0.3, -0.25) is 4.90 Å². The average molecular weight is 288 g/mol. The highest BCUT2D eigenvalue weighted by Gasteiger charge is 2.19. The summed E-state index contributed by atoms with van der Waals surface area (Å²) >= 11 is 0. The fourth-order valence-corrected chi connectivity index (χ4v) is 2.57. The lowest BCUT2D eigenvalue weighted by Crippen LogP contribution is -2.46. The van der Waals surface area contributed by atoms with E-state index < -0.39 is 0 Å². The molecule has 0 saturated carbocycles. The third kappa shape index (κ3) is 3.33. The van der Waals surface area contributed by atoms with Crippen molar-refractivity contribution >= 4 is 5.69 Å². The number of hydrogen-bond donors (Lipinski definition) is 0. The lowest BCUT2D eigenvalue weighted by atomic mass is 10.2. The third-order valence-corrected chi connectivity index (χ3v) is 3.72. The molecule has 0 atom stereocenters. The topological polar surface area (TPSA) is 54.6 Å². The minimum absolute atomic E-state index is 0.694. The van der Waals surface area contributed by atoms with Crippen LogP contribution in [0.15, 0.2) is 28.8 Å². The Morgan fingerprint density at radius 1 is 1.24 bits per heavy atom. The van der Waals surface area contributed by atoms with Gasteiger partial charge in [-0.25, -0.2) is 0 Å². The first-order chi connectivity index (χ1) is 10.2. The Labute approximate surface area is 124 Å². The summed E-state index contributed by atoms with van der Waals surface area (Å²) in [6.45, 7) is 6.51. The van der Waals surface area contributed by atoms with E-state index in [0.29, 0.717) is 11.7 Å². The molecule has 3 rings (SSSR count). The molecule has 0 unspecified atom stereocenters. The molecule has 2 heterocycles. The molecule has 1 aromatic carbocycles. The first-order valence-electron chi connectivity index (χ1n) is 7.15. The van der Waals surface area contributed by atoms with Crippen molar-refractivity contribution in [2.75, 3.05) is 38.2 Å². The second-order valence-electron chi connectivity index (χ2n) is 5.20. The van der Waals surface area contributed by atoms with Crippen molar-refractivity contribution in [1.29, 1.82) is 0 Å². The number of anilines is 1. The van der Waals surface area contributed by atoms with Crippen molar-refractivity contribution < 1.29 is 9.26 Å². The molecule has 1 aromatic heterocycles. The number of ether oxygens (including phenoxy) is 1. The quantitative estimate of drug-likeness (QED) is 0.853. The molecule has 0 N–H and O–H groups in total. The second kappa shape index (κ2) is 6.13. The van der Waals surface area contributed by atoms with Crippen LogP contribution in [0, 0.1) is 6.92 Å². The number of methoxy groups -OCH3 is 1. The number of aromatic nitrogens is 2. The average Bonchev–Trinajstić information content (AvgIpc) is 2.93. The Hall–Kier alpha value is -2.08. The Morgan fingerprint density at radius 2 is 2.05 bits per heavy atom. The molecular formula is C15H20N4O2. The third-order valence-electron chi connectivity index (χ3n) is 3.72. The van der Waals surface area contributed by atoms with Gasteiger partial charge in [0.2, 0.25) is 5.89 Å². The molecule has 1 aliphatic rings. The van der Waals surface area contributed by atoms with E-state index in [2.05, 4.69) is 32.1 Å². The molecule has 2 aromatic rings. The highest BCUT2D eigenvalue weighted by atomic mass is 16.5. The molecule has 0 radical (unpaired) electrons. The summed E-state index contributed by atoms with van der Waals surface area (Å²) in [5.74, 6) is 2.29. The minimum Gasteiger partial charge on any atom is -0.497 e. The summed E-state index contributed by atoms with van der Waals surface area (Å²) in [6.07, 6.45) is 0. The van der Waals surface area contributed by atoms with Gasteiger partial charge in [0.05, 0.1) is 13.7 Å². The molecular weight excluding hydrogens is 268 g/mol. The SMILES string of the molecule is COc1cccc(N2CCN(Cc3nc(C)no3)CC2)c1. The summed E-state index contributed by atoms with van der Waals surface area (Å²) in [4.78, 5) is 8.97. The molecule has 21 heavy (non-hydrogen) atoms. The van der Waals surface area contributed by atoms with Gasteiger partial charge in [0.25, 0.3) is 0 Å². The molecule has 112 valence electrons. The summed E-state index contributed by atoms with van der Waals surface area (Å²) < 4.78 is 10.5. The van der Waals surface area contributed by atoms with Crippen molar-refractivity contribution in [3.05, 3.63) is 36.0 Å². The molecule has 0 bridgehead atoms. The van der Waals surface area contributed by atoms with Crippen molar-refractivity contribution in [1.82, 2.24) is 15.0 Å². The molecule has 0 amide bonds. The molecule has 1 saturated heterocycles. The van der Waals surface area contributed by atoms with Crippen LogP contribution in [0.25, 0.3) is 0 Å². The normalized spacial score (nSPS) is 16.2. The molecule has 6 nitrogen and oxygen atoms in total. The smallest absolute Gasteiger partial charge is 0.240 e. The number of aryl methyl sites for hydroxylation is 1. The van der Waals surface area contributed by atoms with Gasteiger partial charge < -0.3 is 14.2 Å². The zero-order valence-electron chi connectivity index (χ0n) is 12.5. The summed E-state index contributed by atoms with van der Waals surface area (Å²) in [6, 6.07) is 8.20. The van der Waals surface area contributed by atoms with Crippen molar-refractivity contribution in [3.8, 4) is 5.75 Å². The maximum Gasteiger partial charge on any atom is 0.240 e. The van der Waals surface area contributed by atoms with Gasteiger partial charge >= 0.3 is 0 Å². The van der Waals surface area contributed by atoms with Gasteiger partial charge in [0.1, 0.15) is 5.75 Å². The highest BCUT2D eigenvalue weighted by molar-refractivity contribution is 5.51. The summed E-state index contributed by atoms with van der Waals surface area (Å²) in [7, 11) is 1.70. The second-order valence-corrected chi connectivity index (χ2v) is 5.20. The number of rotatable bonds is 4. The lowest BCUT2D eigenvalue weighted by Gasteiger charge is -2.35. The van der Waals surface area contributed by atoms with Crippen LogP contribution in [-0.2, 0) is 6.54 Å². The van der Waals surface area contributed by atoms with Gasteiger partial charge in [-0.2, -0.15) is 4.98 Å². The van der Waals surface area contributed by atoms with Crippen LogP contribution in [0.2, 0.25) is 0 Å². The Bertz CT molecular complexity index is 591. The number of benzene rings is 1. The minimum atomic E-state index is 0.694. The van der Waals surface area contributed by atoms with E-state index in [1.54, 1.807) is 7.11 Å². The molecule has 6 heteroatoms. The molecule has 1 fully saturated rings. The van der Waals surface area contributed by atoms with Crippen molar-refractivity contribution in [2.24, 2.45) is 0 Å². The number of hydrogen-bond acceptors (Lipinski definition) is 6. The Kier molecular flexibility index (Phi) is 4.06. The zero-order chi connectivity index (χ0) is 14.7. The van der Waals surface area contributed by atoms with E-state index in [1.165, 1.54) is 5.69 Å². The van der Waals surface area contributed by atoms with Crippen molar-refractivity contribution in [2.45, 2.75) is 13.5 Å². The van der Waals surface area contributed by atoms with Crippen LogP contribution in [0.1, 0.15) is 11.7 Å². The van der Waals surface area contributed by atoms with Gasteiger partial charge in [-0.15, -0.1) is 0 Å². The van der Waals surface area contributed by atoms with Gasteiger partial charge in [0.15, 0.2) is 5.82 Å². The number of nitrogens with zero attached hydrogens (tertiary/aromatic N) is 4.